The first-order valence-electron chi connectivity index (χ1n) is 3.95. The maximum atomic E-state index is 9.20. The molecule has 74 valence electrons. The SMILES string of the molecule is CCC(O)[C@@H](O)[C@H](O)[C@@H](N)CO. The smallest absolute Gasteiger partial charge is 0.107 e. The zero-order valence-corrected chi connectivity index (χ0v) is 7.09. The van der Waals surface area contributed by atoms with Crippen molar-refractivity contribution in [2.45, 2.75) is 37.7 Å². The molecule has 5 nitrogen and oxygen atoms in total. The molecule has 1 unspecified atom stereocenters. The summed E-state index contributed by atoms with van der Waals surface area (Å²) in [4.78, 5) is 0. The van der Waals surface area contributed by atoms with E-state index >= 15 is 0 Å². The molecule has 0 heterocycles. The van der Waals surface area contributed by atoms with Gasteiger partial charge in [0, 0.05) is 0 Å². The average Bonchev–Trinajstić information content (AvgIpc) is 2.12. The van der Waals surface area contributed by atoms with Gasteiger partial charge in [0.05, 0.1) is 24.9 Å². The van der Waals surface area contributed by atoms with Crippen LogP contribution < -0.4 is 5.73 Å². The van der Waals surface area contributed by atoms with Crippen LogP contribution in [-0.2, 0) is 0 Å². The monoisotopic (exact) mass is 179 g/mol. The molecule has 0 fully saturated rings. The topological polar surface area (TPSA) is 107 Å². The Morgan fingerprint density at radius 1 is 1.17 bits per heavy atom. The zero-order chi connectivity index (χ0) is 9.72. The number of hydrogen-bond acceptors (Lipinski definition) is 5. The molecule has 0 rings (SSSR count). The van der Waals surface area contributed by atoms with Gasteiger partial charge in [-0.05, 0) is 6.42 Å². The van der Waals surface area contributed by atoms with Gasteiger partial charge in [-0.25, -0.2) is 0 Å². The predicted octanol–water partition coefficient (Wildman–Crippen LogP) is -2.20. The van der Waals surface area contributed by atoms with Crippen molar-refractivity contribution in [3.8, 4) is 0 Å². The van der Waals surface area contributed by atoms with Crippen LogP contribution in [-0.4, -0.2) is 51.4 Å². The van der Waals surface area contributed by atoms with Crippen molar-refractivity contribution in [3.63, 3.8) is 0 Å². The molecule has 4 atom stereocenters. The lowest BCUT2D eigenvalue weighted by Gasteiger charge is -2.25. The third kappa shape index (κ3) is 3.04. The summed E-state index contributed by atoms with van der Waals surface area (Å²) < 4.78 is 0. The van der Waals surface area contributed by atoms with E-state index in [0.29, 0.717) is 6.42 Å². The first-order chi connectivity index (χ1) is 5.54. The van der Waals surface area contributed by atoms with Crippen molar-refractivity contribution in [2.75, 3.05) is 6.61 Å². The zero-order valence-electron chi connectivity index (χ0n) is 7.09. The molecule has 5 heteroatoms. The highest BCUT2D eigenvalue weighted by molar-refractivity contribution is 4.82. The standard InChI is InChI=1S/C7H17NO4/c1-2-5(10)7(12)6(11)4(8)3-9/h4-7,9-12H,2-3,8H2,1H3/t4-,5?,6+,7+/m0/s1. The van der Waals surface area contributed by atoms with E-state index in [1.807, 2.05) is 0 Å². The molecule has 0 aromatic heterocycles. The van der Waals surface area contributed by atoms with Crippen molar-refractivity contribution in [3.05, 3.63) is 0 Å². The van der Waals surface area contributed by atoms with Gasteiger partial charge in [0.1, 0.15) is 6.10 Å². The van der Waals surface area contributed by atoms with Gasteiger partial charge in [-0.15, -0.1) is 0 Å². The van der Waals surface area contributed by atoms with E-state index in [-0.39, 0.29) is 0 Å². The molecule has 0 bridgehead atoms. The van der Waals surface area contributed by atoms with Crippen LogP contribution in [0.1, 0.15) is 13.3 Å². The second kappa shape index (κ2) is 5.45. The van der Waals surface area contributed by atoms with E-state index in [2.05, 4.69) is 0 Å². The Morgan fingerprint density at radius 2 is 1.67 bits per heavy atom. The fourth-order valence-electron chi connectivity index (χ4n) is 0.830. The van der Waals surface area contributed by atoms with Gasteiger partial charge >= 0.3 is 0 Å². The van der Waals surface area contributed by atoms with E-state index in [1.54, 1.807) is 6.92 Å². The molecule has 12 heavy (non-hydrogen) atoms. The minimum Gasteiger partial charge on any atom is -0.395 e. The Labute approximate surface area is 71.4 Å². The summed E-state index contributed by atoms with van der Waals surface area (Å²) in [6, 6.07) is -0.916. The maximum Gasteiger partial charge on any atom is 0.107 e. The van der Waals surface area contributed by atoms with Gasteiger partial charge in [-0.3, -0.25) is 0 Å². The van der Waals surface area contributed by atoms with Crippen molar-refractivity contribution < 1.29 is 20.4 Å². The van der Waals surface area contributed by atoms with E-state index in [4.69, 9.17) is 15.9 Å². The first-order valence-corrected chi connectivity index (χ1v) is 3.95. The largest absolute Gasteiger partial charge is 0.395 e. The third-order valence-electron chi connectivity index (χ3n) is 1.81. The fourth-order valence-corrected chi connectivity index (χ4v) is 0.830. The van der Waals surface area contributed by atoms with Crippen LogP contribution in [0.25, 0.3) is 0 Å². The minimum atomic E-state index is -1.29. The van der Waals surface area contributed by atoms with Crippen LogP contribution in [0.5, 0.6) is 0 Å². The first kappa shape index (κ1) is 11.8. The molecule has 0 aliphatic carbocycles. The Hall–Kier alpha value is -0.200. The van der Waals surface area contributed by atoms with E-state index in [1.165, 1.54) is 0 Å². The van der Waals surface area contributed by atoms with Crippen molar-refractivity contribution in [1.82, 2.24) is 0 Å². The second-order valence-electron chi connectivity index (χ2n) is 2.80. The molecule has 0 radical (unpaired) electrons. The third-order valence-corrected chi connectivity index (χ3v) is 1.81. The molecule has 6 N–H and O–H groups in total. The number of rotatable bonds is 5. The lowest BCUT2D eigenvalue weighted by atomic mass is 10.0. The van der Waals surface area contributed by atoms with E-state index in [0.717, 1.165) is 0 Å². The molecular weight excluding hydrogens is 162 g/mol. The van der Waals surface area contributed by atoms with Crippen LogP contribution in [0.2, 0.25) is 0 Å². The Morgan fingerprint density at radius 3 is 2.00 bits per heavy atom. The molecule has 0 aromatic rings. The fraction of sp³-hybridized carbons (Fsp3) is 1.00. The molecule has 0 saturated heterocycles. The Kier molecular flexibility index (Phi) is 5.36. The van der Waals surface area contributed by atoms with Crippen LogP contribution in [0, 0.1) is 0 Å². The van der Waals surface area contributed by atoms with Crippen molar-refractivity contribution in [2.24, 2.45) is 5.73 Å². The lowest BCUT2D eigenvalue weighted by Crippen LogP contribution is -2.49. The highest BCUT2D eigenvalue weighted by Gasteiger charge is 2.27. The summed E-state index contributed by atoms with van der Waals surface area (Å²) >= 11 is 0. The molecule has 0 amide bonds. The van der Waals surface area contributed by atoms with Gasteiger partial charge in [-0.2, -0.15) is 0 Å². The average molecular weight is 179 g/mol. The highest BCUT2D eigenvalue weighted by Crippen LogP contribution is 2.05. The number of nitrogens with two attached hydrogens (primary N) is 1. The highest BCUT2D eigenvalue weighted by atomic mass is 16.4. The molecule has 0 aliphatic rings. The number of aliphatic hydroxyl groups is 4. The summed E-state index contributed by atoms with van der Waals surface area (Å²) in [6.07, 6.45) is -3.25. The van der Waals surface area contributed by atoms with Gasteiger partial charge in [0.25, 0.3) is 0 Å². The second-order valence-corrected chi connectivity index (χ2v) is 2.80. The van der Waals surface area contributed by atoms with Crippen molar-refractivity contribution >= 4 is 0 Å². The van der Waals surface area contributed by atoms with Crippen LogP contribution in [0.3, 0.4) is 0 Å². The molecule has 0 saturated carbocycles. The number of hydrogen-bond donors (Lipinski definition) is 5. The Balaban J connectivity index is 3.99. The quantitative estimate of drug-likeness (QED) is 0.329. The molecule has 0 aliphatic heterocycles. The lowest BCUT2D eigenvalue weighted by molar-refractivity contribution is -0.0733. The van der Waals surface area contributed by atoms with E-state index in [9.17, 15) is 10.2 Å². The van der Waals surface area contributed by atoms with Crippen LogP contribution in [0.4, 0.5) is 0 Å². The molecular formula is C7H17NO4. The van der Waals surface area contributed by atoms with Gasteiger partial charge in [-0.1, -0.05) is 6.92 Å². The van der Waals surface area contributed by atoms with Crippen LogP contribution >= 0.6 is 0 Å². The van der Waals surface area contributed by atoms with Gasteiger partial charge < -0.3 is 26.2 Å². The summed E-state index contributed by atoms with van der Waals surface area (Å²) in [5, 5.41) is 36.0. The predicted molar refractivity (Wildman–Crippen MR) is 43.4 cm³/mol. The Bertz CT molecular complexity index is 108. The van der Waals surface area contributed by atoms with Crippen LogP contribution in [0.15, 0.2) is 0 Å². The molecule has 0 spiro atoms. The van der Waals surface area contributed by atoms with E-state index < -0.39 is 31.0 Å². The summed E-state index contributed by atoms with van der Waals surface area (Å²) in [7, 11) is 0. The van der Waals surface area contributed by atoms with Crippen molar-refractivity contribution in [1.29, 1.82) is 0 Å². The van der Waals surface area contributed by atoms with Gasteiger partial charge in [0.2, 0.25) is 0 Å². The normalized spacial score (nSPS) is 21.5. The number of aliphatic hydroxyl groups excluding tert-OH is 4. The summed E-state index contributed by atoms with van der Waals surface area (Å²) in [6.45, 7) is 1.25. The summed E-state index contributed by atoms with van der Waals surface area (Å²) in [5.74, 6) is 0. The summed E-state index contributed by atoms with van der Waals surface area (Å²) in [5.41, 5.74) is 5.24. The van der Waals surface area contributed by atoms with Gasteiger partial charge in [0.15, 0.2) is 0 Å². The molecule has 0 aromatic carbocycles. The minimum absolute atomic E-state index is 0.330. The maximum absolute atomic E-state index is 9.20.